The Bertz CT molecular complexity index is 1150. The summed E-state index contributed by atoms with van der Waals surface area (Å²) in [5.41, 5.74) is 1.48. The SMILES string of the molecule is COCCN1CC(NC(=O)Nc2cc(-c3ccccc3)nn2C)[C@H](c2cccc(C(F)(F)F)c2)C1. The summed E-state index contributed by atoms with van der Waals surface area (Å²) in [5, 5.41) is 10.2. The van der Waals surface area contributed by atoms with Crippen molar-refractivity contribution >= 4 is 11.8 Å². The first-order valence-electron chi connectivity index (χ1n) is 11.3. The highest BCUT2D eigenvalue weighted by atomic mass is 19.4. The Labute approximate surface area is 201 Å². The summed E-state index contributed by atoms with van der Waals surface area (Å²) in [6.07, 6.45) is -4.43. The van der Waals surface area contributed by atoms with Gasteiger partial charge in [-0.1, -0.05) is 48.5 Å². The van der Waals surface area contributed by atoms with E-state index < -0.39 is 17.8 Å². The van der Waals surface area contributed by atoms with Crippen molar-refractivity contribution in [2.75, 3.05) is 38.7 Å². The van der Waals surface area contributed by atoms with E-state index in [0.717, 1.165) is 17.3 Å². The van der Waals surface area contributed by atoms with Gasteiger partial charge in [0.25, 0.3) is 0 Å². The van der Waals surface area contributed by atoms with Crippen molar-refractivity contribution in [1.82, 2.24) is 20.0 Å². The molecule has 186 valence electrons. The largest absolute Gasteiger partial charge is 0.416 e. The number of carbonyl (C=O) groups is 1. The van der Waals surface area contributed by atoms with E-state index in [2.05, 4.69) is 20.6 Å². The summed E-state index contributed by atoms with van der Waals surface area (Å²) < 4.78 is 46.6. The summed E-state index contributed by atoms with van der Waals surface area (Å²) in [4.78, 5) is 15.0. The van der Waals surface area contributed by atoms with E-state index in [4.69, 9.17) is 4.74 Å². The number of alkyl halides is 3. The lowest BCUT2D eigenvalue weighted by molar-refractivity contribution is -0.137. The summed E-state index contributed by atoms with van der Waals surface area (Å²) in [7, 11) is 3.33. The minimum Gasteiger partial charge on any atom is -0.383 e. The van der Waals surface area contributed by atoms with Gasteiger partial charge < -0.3 is 10.1 Å². The number of hydrogen-bond acceptors (Lipinski definition) is 4. The standard InChI is InChI=1S/C25H28F3N5O2/c1-32-23(14-21(31-32)17-7-4-3-5-8-17)30-24(34)29-22-16-33(11-12-35-2)15-20(22)18-9-6-10-19(13-18)25(26,27)28/h3-10,13-14,20,22H,11-12,15-16H2,1-2H3,(H2,29,30,34)/t20-,22?/m0/s1. The minimum atomic E-state index is -4.43. The lowest BCUT2D eigenvalue weighted by Gasteiger charge is -2.21. The summed E-state index contributed by atoms with van der Waals surface area (Å²) in [5.74, 6) is 0.206. The zero-order valence-corrected chi connectivity index (χ0v) is 19.5. The second kappa shape index (κ2) is 10.5. The molecule has 4 rings (SSSR count). The van der Waals surface area contributed by atoms with Crippen molar-refractivity contribution in [3.63, 3.8) is 0 Å². The molecule has 10 heteroatoms. The van der Waals surface area contributed by atoms with Crippen molar-refractivity contribution in [1.29, 1.82) is 0 Å². The van der Waals surface area contributed by atoms with Gasteiger partial charge in [0.2, 0.25) is 0 Å². The third-order valence-corrected chi connectivity index (χ3v) is 6.16. The third-order valence-electron chi connectivity index (χ3n) is 6.16. The molecule has 7 nitrogen and oxygen atoms in total. The fourth-order valence-corrected chi connectivity index (χ4v) is 4.37. The van der Waals surface area contributed by atoms with Crippen LogP contribution in [0.15, 0.2) is 60.7 Å². The zero-order chi connectivity index (χ0) is 25.0. The van der Waals surface area contributed by atoms with Crippen molar-refractivity contribution in [3.05, 3.63) is 71.8 Å². The number of hydrogen-bond donors (Lipinski definition) is 2. The second-order valence-electron chi connectivity index (χ2n) is 8.59. The molecule has 0 bridgehead atoms. The van der Waals surface area contributed by atoms with Gasteiger partial charge in [-0.2, -0.15) is 18.3 Å². The second-order valence-corrected chi connectivity index (χ2v) is 8.59. The average Bonchev–Trinajstić information content (AvgIpc) is 3.41. The Hall–Kier alpha value is -3.37. The normalized spacial score (nSPS) is 18.5. The number of rotatable bonds is 7. The maximum atomic E-state index is 13.3. The van der Waals surface area contributed by atoms with Gasteiger partial charge in [0.15, 0.2) is 0 Å². The van der Waals surface area contributed by atoms with E-state index in [9.17, 15) is 18.0 Å². The third kappa shape index (κ3) is 6.01. The lowest BCUT2D eigenvalue weighted by atomic mass is 9.93. The van der Waals surface area contributed by atoms with Crippen LogP contribution in [0.25, 0.3) is 11.3 Å². The zero-order valence-electron chi connectivity index (χ0n) is 19.5. The number of halogens is 3. The molecule has 1 fully saturated rings. The van der Waals surface area contributed by atoms with Crippen LogP contribution in [0, 0.1) is 0 Å². The molecule has 3 aromatic rings. The van der Waals surface area contributed by atoms with Crippen LogP contribution in [0.1, 0.15) is 17.0 Å². The molecule has 0 radical (unpaired) electrons. The number of aromatic nitrogens is 2. The number of carbonyl (C=O) groups excluding carboxylic acids is 1. The number of nitrogens with zero attached hydrogens (tertiary/aromatic N) is 3. The Kier molecular flexibility index (Phi) is 7.42. The van der Waals surface area contributed by atoms with Gasteiger partial charge >= 0.3 is 12.2 Å². The van der Waals surface area contributed by atoms with E-state index >= 15 is 0 Å². The predicted octanol–water partition coefficient (Wildman–Crippen LogP) is 4.34. The molecule has 0 spiro atoms. The molecule has 1 aliphatic heterocycles. The van der Waals surface area contributed by atoms with Gasteiger partial charge in [0, 0.05) is 51.3 Å². The molecule has 2 aromatic carbocycles. The maximum absolute atomic E-state index is 13.3. The number of aryl methyl sites for hydroxylation is 1. The van der Waals surface area contributed by atoms with Crippen molar-refractivity contribution in [2.45, 2.75) is 18.1 Å². The molecule has 1 saturated heterocycles. The molecule has 2 amide bonds. The fraction of sp³-hybridized carbons (Fsp3) is 0.360. The first-order chi connectivity index (χ1) is 16.7. The molecule has 35 heavy (non-hydrogen) atoms. The highest BCUT2D eigenvalue weighted by Crippen LogP contribution is 2.34. The van der Waals surface area contributed by atoms with E-state index in [1.807, 2.05) is 30.3 Å². The maximum Gasteiger partial charge on any atom is 0.416 e. The van der Waals surface area contributed by atoms with Gasteiger partial charge in [-0.05, 0) is 11.6 Å². The van der Waals surface area contributed by atoms with Gasteiger partial charge in [-0.25, -0.2) is 4.79 Å². The number of anilines is 1. The quantitative estimate of drug-likeness (QED) is 0.520. The number of likely N-dealkylation sites (tertiary alicyclic amines) is 1. The molecule has 1 aromatic heterocycles. The minimum absolute atomic E-state index is 0.300. The summed E-state index contributed by atoms with van der Waals surface area (Å²) in [6, 6.07) is 15.9. The molecule has 2 atom stereocenters. The molecule has 0 saturated carbocycles. The Balaban J connectivity index is 1.50. The smallest absolute Gasteiger partial charge is 0.383 e. The van der Waals surface area contributed by atoms with Gasteiger partial charge in [0.05, 0.1) is 23.9 Å². The Morgan fingerprint density at radius 3 is 2.60 bits per heavy atom. The number of amides is 2. The number of nitrogens with one attached hydrogen (secondary N) is 2. The molecular formula is C25H28F3N5O2. The highest BCUT2D eigenvalue weighted by molar-refractivity contribution is 5.89. The average molecular weight is 488 g/mol. The molecule has 2 N–H and O–H groups in total. The van der Waals surface area contributed by atoms with Crippen LogP contribution < -0.4 is 10.6 Å². The Morgan fingerprint density at radius 1 is 1.11 bits per heavy atom. The van der Waals surface area contributed by atoms with Crippen LogP contribution in [-0.4, -0.2) is 60.1 Å². The highest BCUT2D eigenvalue weighted by Gasteiger charge is 2.37. The summed E-state index contributed by atoms with van der Waals surface area (Å²) >= 11 is 0. The number of methoxy groups -OCH3 is 1. The van der Waals surface area contributed by atoms with Gasteiger partial charge in [-0.15, -0.1) is 0 Å². The van der Waals surface area contributed by atoms with Gasteiger partial charge in [0.1, 0.15) is 5.82 Å². The molecule has 0 aliphatic carbocycles. The monoisotopic (exact) mass is 487 g/mol. The summed E-state index contributed by atoms with van der Waals surface area (Å²) in [6.45, 7) is 2.12. The van der Waals surface area contributed by atoms with Gasteiger partial charge in [-0.3, -0.25) is 14.9 Å². The molecule has 1 aliphatic rings. The van der Waals surface area contributed by atoms with Crippen LogP contribution in [0.4, 0.5) is 23.8 Å². The number of benzene rings is 2. The van der Waals surface area contributed by atoms with Crippen LogP contribution in [0.2, 0.25) is 0 Å². The Morgan fingerprint density at radius 2 is 1.89 bits per heavy atom. The van der Waals surface area contributed by atoms with E-state index in [-0.39, 0.29) is 12.0 Å². The lowest BCUT2D eigenvalue weighted by Crippen LogP contribution is -2.42. The van der Waals surface area contributed by atoms with Crippen molar-refractivity contribution in [3.8, 4) is 11.3 Å². The van der Waals surface area contributed by atoms with E-state index in [1.165, 1.54) is 12.1 Å². The molecular weight excluding hydrogens is 459 g/mol. The van der Waals surface area contributed by atoms with Crippen LogP contribution in [0.5, 0.6) is 0 Å². The van der Waals surface area contributed by atoms with Crippen molar-refractivity contribution in [2.24, 2.45) is 7.05 Å². The van der Waals surface area contributed by atoms with Crippen molar-refractivity contribution < 1.29 is 22.7 Å². The van der Waals surface area contributed by atoms with Crippen LogP contribution in [-0.2, 0) is 18.0 Å². The first kappa shape index (κ1) is 24.7. The van der Waals surface area contributed by atoms with E-state index in [0.29, 0.717) is 37.6 Å². The number of ether oxygens (including phenoxy) is 1. The topological polar surface area (TPSA) is 71.4 Å². The van der Waals surface area contributed by atoms with Crippen LogP contribution in [0.3, 0.4) is 0 Å². The fourth-order valence-electron chi connectivity index (χ4n) is 4.37. The molecule has 1 unspecified atom stereocenters. The predicted molar refractivity (Wildman–Crippen MR) is 127 cm³/mol. The van der Waals surface area contributed by atoms with Crippen LogP contribution >= 0.6 is 0 Å². The van der Waals surface area contributed by atoms with E-state index in [1.54, 1.807) is 31.0 Å². The molecule has 2 heterocycles. The number of urea groups is 1. The first-order valence-corrected chi connectivity index (χ1v) is 11.3.